The molecule has 0 saturated carbocycles. The van der Waals surface area contributed by atoms with Crippen LogP contribution in [0.2, 0.25) is 0 Å². The minimum Gasteiger partial charge on any atom is -0.374 e. The Balaban J connectivity index is 1.11. The number of benzene rings is 6. The summed E-state index contributed by atoms with van der Waals surface area (Å²) in [6, 6.07) is 58.7. The third kappa shape index (κ3) is 14.7. The van der Waals surface area contributed by atoms with Crippen LogP contribution < -0.4 is 5.32 Å². The molecule has 0 aliphatic carbocycles. The van der Waals surface area contributed by atoms with E-state index in [2.05, 4.69) is 5.32 Å². The highest BCUT2D eigenvalue weighted by molar-refractivity contribution is 5.73. The van der Waals surface area contributed by atoms with E-state index in [0.717, 1.165) is 33.4 Å². The molecule has 0 spiro atoms. The highest BCUT2D eigenvalue weighted by Crippen LogP contribution is 2.34. The number of ether oxygens (including phenoxy) is 10. The second-order valence-electron chi connectivity index (χ2n) is 17.2. The number of hydrogen-bond acceptors (Lipinski definition) is 11. The summed E-state index contributed by atoms with van der Waals surface area (Å²) < 4.78 is 67.1. The monoisotopic (exact) mass is 937 g/mol. The molecule has 2 saturated heterocycles. The van der Waals surface area contributed by atoms with Gasteiger partial charge in [0, 0.05) is 14.0 Å². The summed E-state index contributed by atoms with van der Waals surface area (Å²) in [5.41, 5.74) is 5.86. The lowest BCUT2D eigenvalue weighted by atomic mass is 9.95. The van der Waals surface area contributed by atoms with Crippen LogP contribution in [0.3, 0.4) is 0 Å². The lowest BCUT2D eigenvalue weighted by molar-refractivity contribution is -0.337. The molecule has 69 heavy (non-hydrogen) atoms. The van der Waals surface area contributed by atoms with Gasteiger partial charge < -0.3 is 52.7 Å². The summed E-state index contributed by atoms with van der Waals surface area (Å²) in [7, 11) is 1.59. The van der Waals surface area contributed by atoms with Gasteiger partial charge in [-0.15, -0.1) is 0 Å². The largest absolute Gasteiger partial charge is 0.374 e. The molecule has 2 fully saturated rings. The summed E-state index contributed by atoms with van der Waals surface area (Å²) in [5.74, 6) is -0.295. The molecule has 6 aromatic carbocycles. The molecule has 6 aromatic rings. The third-order valence-electron chi connectivity index (χ3n) is 12.1. The number of amides is 1. The van der Waals surface area contributed by atoms with E-state index in [-0.39, 0.29) is 52.2 Å². The molecule has 10 atom stereocenters. The highest BCUT2D eigenvalue weighted by Gasteiger charge is 2.52. The fourth-order valence-corrected chi connectivity index (χ4v) is 8.63. The molecule has 0 bridgehead atoms. The van der Waals surface area contributed by atoms with E-state index in [4.69, 9.17) is 47.4 Å². The van der Waals surface area contributed by atoms with Crippen molar-refractivity contribution in [1.82, 2.24) is 5.32 Å². The van der Waals surface area contributed by atoms with Crippen molar-refractivity contribution in [2.45, 2.75) is 108 Å². The van der Waals surface area contributed by atoms with Crippen molar-refractivity contribution in [2.24, 2.45) is 0 Å². The van der Waals surface area contributed by atoms with Crippen molar-refractivity contribution in [2.75, 3.05) is 20.3 Å². The lowest BCUT2D eigenvalue weighted by Gasteiger charge is -2.48. The van der Waals surface area contributed by atoms with Crippen LogP contribution >= 0.6 is 0 Å². The topological polar surface area (TPSA) is 121 Å². The van der Waals surface area contributed by atoms with E-state index >= 15 is 0 Å². The number of hydrogen-bond donors (Lipinski definition) is 1. The quantitative estimate of drug-likeness (QED) is 0.0628. The summed E-state index contributed by atoms with van der Waals surface area (Å²) in [6.07, 6.45) is -7.02. The first-order valence-electron chi connectivity index (χ1n) is 23.6. The van der Waals surface area contributed by atoms with Crippen LogP contribution in [0.4, 0.5) is 0 Å². The fraction of sp³-hybridized carbons (Fsp3) is 0.351. The standard InChI is InChI=1S/C57H63NO11/c1-41(59)58-50-53(64-36-45-27-15-6-16-28-45)51(62-34-43-23-11-4-12-24-43)48(39-61-33-42-21-9-3-10-22-42)68-56(50)67-40-49-52(63-35-44-25-13-5-14-26-44)54(65-37-46-29-17-7-18-30-46)55(57(60-2)69-49)66-38-47-31-19-8-20-32-47/h3-32,48-57H,33-40H2,1-2H3,(H,58,59)/t48-,49-,50-,51-,52-,53-,54+,55-,56-,57+/m1/s1. The minimum absolute atomic E-state index is 0.0603. The number of rotatable bonds is 24. The second-order valence-corrected chi connectivity index (χ2v) is 17.2. The van der Waals surface area contributed by atoms with Gasteiger partial charge in [-0.25, -0.2) is 0 Å². The van der Waals surface area contributed by atoms with Crippen LogP contribution in [0.5, 0.6) is 0 Å². The van der Waals surface area contributed by atoms with E-state index in [0.29, 0.717) is 6.61 Å². The molecule has 0 aromatic heterocycles. The molecule has 0 radical (unpaired) electrons. The van der Waals surface area contributed by atoms with Crippen LogP contribution in [0.25, 0.3) is 0 Å². The maximum atomic E-state index is 13.2. The van der Waals surface area contributed by atoms with Gasteiger partial charge >= 0.3 is 0 Å². The van der Waals surface area contributed by atoms with E-state index in [1.54, 1.807) is 7.11 Å². The Hall–Kier alpha value is -5.61. The van der Waals surface area contributed by atoms with Gasteiger partial charge in [-0.2, -0.15) is 0 Å². The van der Waals surface area contributed by atoms with Gasteiger partial charge in [0.1, 0.15) is 48.8 Å². The van der Waals surface area contributed by atoms with Crippen LogP contribution in [0.1, 0.15) is 40.3 Å². The van der Waals surface area contributed by atoms with Crippen molar-refractivity contribution in [3.05, 3.63) is 215 Å². The van der Waals surface area contributed by atoms with Gasteiger partial charge in [0.2, 0.25) is 5.91 Å². The van der Waals surface area contributed by atoms with Gasteiger partial charge in [0.05, 0.1) is 52.9 Å². The molecule has 0 unspecified atom stereocenters. The zero-order valence-electron chi connectivity index (χ0n) is 39.2. The number of nitrogens with one attached hydrogen (secondary N) is 1. The van der Waals surface area contributed by atoms with Crippen LogP contribution in [0, 0.1) is 0 Å². The Kier molecular flexibility index (Phi) is 19.0. The number of carbonyl (C=O) groups is 1. The first-order chi connectivity index (χ1) is 34.0. The van der Waals surface area contributed by atoms with E-state index < -0.39 is 61.3 Å². The Morgan fingerprint density at radius 1 is 0.406 bits per heavy atom. The third-order valence-corrected chi connectivity index (χ3v) is 12.1. The van der Waals surface area contributed by atoms with Gasteiger partial charge in [0.15, 0.2) is 12.6 Å². The van der Waals surface area contributed by atoms with Gasteiger partial charge in [-0.05, 0) is 33.4 Å². The average molecular weight is 938 g/mol. The summed E-state index contributed by atoms with van der Waals surface area (Å²) >= 11 is 0. The Morgan fingerprint density at radius 2 is 0.739 bits per heavy atom. The molecular weight excluding hydrogens is 875 g/mol. The van der Waals surface area contributed by atoms with Crippen LogP contribution in [0.15, 0.2) is 182 Å². The molecular formula is C57H63NO11. The molecule has 8 rings (SSSR count). The van der Waals surface area contributed by atoms with Crippen molar-refractivity contribution < 1.29 is 52.2 Å². The van der Waals surface area contributed by atoms with Crippen molar-refractivity contribution >= 4 is 5.91 Å². The number of carbonyl (C=O) groups excluding carboxylic acids is 1. The molecule has 362 valence electrons. The molecule has 12 nitrogen and oxygen atoms in total. The predicted octanol–water partition coefficient (Wildman–Crippen LogP) is 8.75. The molecule has 2 aliphatic heterocycles. The van der Waals surface area contributed by atoms with Crippen molar-refractivity contribution in [3.63, 3.8) is 0 Å². The first-order valence-corrected chi connectivity index (χ1v) is 23.6. The SMILES string of the molecule is CO[C@H]1O[C@H](CO[C@@H]2O[C@H](COCc3ccccc3)[C@@H](OCc3ccccc3)[C@H](OCc3ccccc3)[C@H]2NC(C)=O)[C@@H](OCc2ccccc2)[C@H](OCc2ccccc2)[C@H]1OCc1ccccc1. The maximum absolute atomic E-state index is 13.2. The zero-order valence-corrected chi connectivity index (χ0v) is 39.2. The smallest absolute Gasteiger partial charge is 0.217 e. The molecule has 2 heterocycles. The van der Waals surface area contributed by atoms with Crippen molar-refractivity contribution in [3.8, 4) is 0 Å². The summed E-state index contributed by atoms with van der Waals surface area (Å²) in [4.78, 5) is 13.2. The average Bonchev–Trinajstić information content (AvgIpc) is 3.39. The highest BCUT2D eigenvalue weighted by atomic mass is 16.7. The molecule has 1 amide bonds. The lowest BCUT2D eigenvalue weighted by Crippen LogP contribution is -2.67. The Labute approximate surface area is 405 Å². The molecule has 1 N–H and O–H groups in total. The van der Waals surface area contributed by atoms with E-state index in [1.807, 2.05) is 182 Å². The predicted molar refractivity (Wildman–Crippen MR) is 259 cm³/mol. The first kappa shape index (κ1) is 49.8. The Morgan fingerprint density at radius 3 is 1.14 bits per heavy atom. The van der Waals surface area contributed by atoms with E-state index in [1.165, 1.54) is 6.92 Å². The summed E-state index contributed by atoms with van der Waals surface area (Å²) in [6.45, 7) is 3.19. The fourth-order valence-electron chi connectivity index (χ4n) is 8.63. The minimum atomic E-state index is -1.06. The van der Waals surface area contributed by atoms with Gasteiger partial charge in [-0.3, -0.25) is 4.79 Å². The molecule has 12 heteroatoms. The maximum Gasteiger partial charge on any atom is 0.217 e. The normalized spacial score (nSPS) is 24.7. The van der Waals surface area contributed by atoms with E-state index in [9.17, 15) is 4.79 Å². The van der Waals surface area contributed by atoms with Crippen molar-refractivity contribution in [1.29, 1.82) is 0 Å². The van der Waals surface area contributed by atoms with Gasteiger partial charge in [-0.1, -0.05) is 182 Å². The Bertz CT molecular complexity index is 2350. The van der Waals surface area contributed by atoms with Crippen LogP contribution in [-0.2, 0) is 91.8 Å². The summed E-state index contributed by atoms with van der Waals surface area (Å²) in [5, 5.41) is 3.12. The number of methoxy groups -OCH3 is 1. The van der Waals surface area contributed by atoms with Gasteiger partial charge in [0.25, 0.3) is 0 Å². The molecule has 2 aliphatic rings. The second kappa shape index (κ2) is 26.4. The van der Waals surface area contributed by atoms with Crippen LogP contribution in [-0.4, -0.2) is 87.6 Å². The zero-order chi connectivity index (χ0) is 47.5.